The quantitative estimate of drug-likeness (QED) is 0.905. The van der Waals surface area contributed by atoms with E-state index >= 15 is 0 Å². The van der Waals surface area contributed by atoms with Gasteiger partial charge in [-0.3, -0.25) is 4.79 Å². The number of hydrogen-bond donors (Lipinski definition) is 2. The van der Waals surface area contributed by atoms with Crippen molar-refractivity contribution in [1.82, 2.24) is 10.3 Å². The van der Waals surface area contributed by atoms with Crippen molar-refractivity contribution in [1.29, 1.82) is 0 Å². The minimum atomic E-state index is -0.0330. The number of nitrogens with zero attached hydrogens (tertiary/aromatic N) is 1. The monoisotopic (exact) mass is 281 g/mol. The average molecular weight is 281 g/mol. The molecule has 0 fully saturated rings. The molecule has 0 atom stereocenters. The summed E-state index contributed by atoms with van der Waals surface area (Å²) in [6.45, 7) is 2.79. The van der Waals surface area contributed by atoms with Gasteiger partial charge in [-0.15, -0.1) is 0 Å². The lowest BCUT2D eigenvalue weighted by atomic mass is 10.1. The Morgan fingerprint density at radius 2 is 1.95 bits per heavy atom. The zero-order valence-electron chi connectivity index (χ0n) is 12.1. The number of amides is 1. The van der Waals surface area contributed by atoms with Crippen LogP contribution in [0, 0.1) is 0 Å². The highest BCUT2D eigenvalue weighted by molar-refractivity contribution is 5.95. The first-order valence-electron chi connectivity index (χ1n) is 7.34. The average Bonchev–Trinajstić information content (AvgIpc) is 2.90. The SMILES string of the molecule is CCNc1cc(C(=O)NC2Cc3ccccc3C2)ccn1. The molecule has 1 aromatic heterocycles. The fourth-order valence-corrected chi connectivity index (χ4v) is 2.78. The maximum Gasteiger partial charge on any atom is 0.251 e. The van der Waals surface area contributed by atoms with Crippen molar-refractivity contribution in [3.05, 3.63) is 59.3 Å². The van der Waals surface area contributed by atoms with Crippen molar-refractivity contribution >= 4 is 11.7 Å². The van der Waals surface area contributed by atoms with Gasteiger partial charge in [-0.1, -0.05) is 24.3 Å². The van der Waals surface area contributed by atoms with Gasteiger partial charge in [0.2, 0.25) is 0 Å². The van der Waals surface area contributed by atoms with Crippen LogP contribution in [0.15, 0.2) is 42.6 Å². The number of anilines is 1. The van der Waals surface area contributed by atoms with E-state index in [4.69, 9.17) is 0 Å². The van der Waals surface area contributed by atoms with E-state index in [1.165, 1.54) is 11.1 Å². The number of nitrogens with one attached hydrogen (secondary N) is 2. The van der Waals surface area contributed by atoms with Crippen LogP contribution in [0.4, 0.5) is 5.82 Å². The lowest BCUT2D eigenvalue weighted by Gasteiger charge is -2.12. The Kier molecular flexibility index (Phi) is 3.86. The molecule has 0 bridgehead atoms. The molecule has 2 N–H and O–H groups in total. The van der Waals surface area contributed by atoms with Crippen molar-refractivity contribution in [3.8, 4) is 0 Å². The molecule has 1 amide bonds. The van der Waals surface area contributed by atoms with Gasteiger partial charge in [0, 0.05) is 24.3 Å². The van der Waals surface area contributed by atoms with Gasteiger partial charge in [-0.25, -0.2) is 4.98 Å². The molecule has 0 radical (unpaired) electrons. The van der Waals surface area contributed by atoms with E-state index in [1.807, 2.05) is 6.92 Å². The van der Waals surface area contributed by atoms with Crippen LogP contribution in [0.3, 0.4) is 0 Å². The second-order valence-corrected chi connectivity index (χ2v) is 5.31. The third-order valence-electron chi connectivity index (χ3n) is 3.77. The maximum atomic E-state index is 12.3. The molecule has 0 aliphatic heterocycles. The second kappa shape index (κ2) is 5.95. The van der Waals surface area contributed by atoms with E-state index in [0.717, 1.165) is 25.2 Å². The lowest BCUT2D eigenvalue weighted by molar-refractivity contribution is 0.0938. The molecule has 3 rings (SSSR count). The first-order valence-corrected chi connectivity index (χ1v) is 7.34. The molecule has 0 saturated heterocycles. The van der Waals surface area contributed by atoms with Gasteiger partial charge < -0.3 is 10.6 Å². The molecule has 108 valence electrons. The van der Waals surface area contributed by atoms with Crippen molar-refractivity contribution in [2.45, 2.75) is 25.8 Å². The molecule has 1 aliphatic rings. The maximum absolute atomic E-state index is 12.3. The highest BCUT2D eigenvalue weighted by Gasteiger charge is 2.22. The van der Waals surface area contributed by atoms with Crippen LogP contribution < -0.4 is 10.6 Å². The summed E-state index contributed by atoms with van der Waals surface area (Å²) in [5.74, 6) is 0.703. The van der Waals surface area contributed by atoms with E-state index in [2.05, 4.69) is 39.9 Å². The molecule has 1 aliphatic carbocycles. The van der Waals surface area contributed by atoms with Gasteiger partial charge in [0.25, 0.3) is 5.91 Å². The van der Waals surface area contributed by atoms with E-state index in [1.54, 1.807) is 18.3 Å². The van der Waals surface area contributed by atoms with Gasteiger partial charge in [0.05, 0.1) is 0 Å². The van der Waals surface area contributed by atoms with Crippen LogP contribution in [-0.4, -0.2) is 23.5 Å². The van der Waals surface area contributed by atoms with Crippen molar-refractivity contribution in [2.24, 2.45) is 0 Å². The molecule has 21 heavy (non-hydrogen) atoms. The first kappa shape index (κ1) is 13.6. The zero-order valence-corrected chi connectivity index (χ0v) is 12.1. The van der Waals surface area contributed by atoms with Gasteiger partial charge >= 0.3 is 0 Å². The van der Waals surface area contributed by atoms with Gasteiger partial charge in [0.1, 0.15) is 5.82 Å². The number of fused-ring (bicyclic) bond motifs is 1. The molecular weight excluding hydrogens is 262 g/mol. The number of hydrogen-bond acceptors (Lipinski definition) is 3. The second-order valence-electron chi connectivity index (χ2n) is 5.31. The third-order valence-corrected chi connectivity index (χ3v) is 3.77. The van der Waals surface area contributed by atoms with E-state index in [9.17, 15) is 4.79 Å². The Hall–Kier alpha value is -2.36. The Balaban J connectivity index is 1.66. The molecule has 0 unspecified atom stereocenters. The van der Waals surface area contributed by atoms with Gasteiger partial charge in [-0.05, 0) is 43.0 Å². The first-order chi connectivity index (χ1) is 10.3. The predicted octanol–water partition coefficient (Wildman–Crippen LogP) is 2.41. The zero-order chi connectivity index (χ0) is 14.7. The Labute approximate surface area is 124 Å². The molecular formula is C17H19N3O. The van der Waals surface area contributed by atoms with E-state index in [0.29, 0.717) is 5.56 Å². The number of rotatable bonds is 4. The van der Waals surface area contributed by atoms with Gasteiger partial charge in [0.15, 0.2) is 0 Å². The van der Waals surface area contributed by atoms with E-state index in [-0.39, 0.29) is 11.9 Å². The lowest BCUT2D eigenvalue weighted by Crippen LogP contribution is -2.35. The van der Waals surface area contributed by atoms with Crippen molar-refractivity contribution < 1.29 is 4.79 Å². The van der Waals surface area contributed by atoms with E-state index < -0.39 is 0 Å². The summed E-state index contributed by atoms with van der Waals surface area (Å²) in [7, 11) is 0. The number of pyridine rings is 1. The van der Waals surface area contributed by atoms with Crippen molar-refractivity contribution in [2.75, 3.05) is 11.9 Å². The minimum Gasteiger partial charge on any atom is -0.370 e. The summed E-state index contributed by atoms with van der Waals surface area (Å²) in [6, 6.07) is 12.1. The Bertz CT molecular complexity index is 629. The minimum absolute atomic E-state index is 0.0330. The predicted molar refractivity (Wildman–Crippen MR) is 83.5 cm³/mol. The normalized spacial score (nSPS) is 13.8. The van der Waals surface area contributed by atoms with Crippen LogP contribution in [0.1, 0.15) is 28.4 Å². The van der Waals surface area contributed by atoms with Crippen LogP contribution in [0.5, 0.6) is 0 Å². The Morgan fingerprint density at radius 3 is 2.62 bits per heavy atom. The third kappa shape index (κ3) is 3.05. The number of aromatic nitrogens is 1. The van der Waals surface area contributed by atoms with Gasteiger partial charge in [-0.2, -0.15) is 0 Å². The largest absolute Gasteiger partial charge is 0.370 e. The summed E-state index contributed by atoms with van der Waals surface area (Å²) in [5, 5.41) is 6.24. The summed E-state index contributed by atoms with van der Waals surface area (Å²) in [4.78, 5) is 16.5. The van der Waals surface area contributed by atoms with Crippen LogP contribution in [0.25, 0.3) is 0 Å². The molecule has 0 saturated carbocycles. The smallest absolute Gasteiger partial charge is 0.251 e. The Morgan fingerprint density at radius 1 is 1.24 bits per heavy atom. The summed E-state index contributed by atoms with van der Waals surface area (Å²) < 4.78 is 0. The topological polar surface area (TPSA) is 54.0 Å². The molecule has 0 spiro atoms. The number of carbonyl (C=O) groups is 1. The van der Waals surface area contributed by atoms with Crippen LogP contribution >= 0.6 is 0 Å². The fraction of sp³-hybridized carbons (Fsp3) is 0.294. The standard InChI is InChI=1S/C17H19N3O/c1-2-18-16-11-14(7-8-19-16)17(21)20-15-9-12-5-3-4-6-13(12)10-15/h3-8,11,15H,2,9-10H2,1H3,(H,18,19)(H,20,21). The highest BCUT2D eigenvalue weighted by Crippen LogP contribution is 2.22. The summed E-state index contributed by atoms with van der Waals surface area (Å²) >= 11 is 0. The molecule has 1 aromatic carbocycles. The van der Waals surface area contributed by atoms with Crippen LogP contribution in [-0.2, 0) is 12.8 Å². The summed E-state index contributed by atoms with van der Waals surface area (Å²) in [6.07, 6.45) is 3.48. The summed E-state index contributed by atoms with van der Waals surface area (Å²) in [5.41, 5.74) is 3.33. The fourth-order valence-electron chi connectivity index (χ4n) is 2.78. The molecule has 4 heteroatoms. The number of carbonyl (C=O) groups excluding carboxylic acids is 1. The molecule has 1 heterocycles. The number of benzene rings is 1. The highest BCUT2D eigenvalue weighted by atomic mass is 16.1. The van der Waals surface area contributed by atoms with Crippen molar-refractivity contribution in [3.63, 3.8) is 0 Å². The molecule has 2 aromatic rings. The van der Waals surface area contributed by atoms with Crippen LogP contribution in [0.2, 0.25) is 0 Å². The molecule has 4 nitrogen and oxygen atoms in total.